The fourth-order valence-electron chi connectivity index (χ4n) is 2.79. The second-order valence-electron chi connectivity index (χ2n) is 5.47. The quantitative estimate of drug-likeness (QED) is 0.545. The van der Waals surface area contributed by atoms with Crippen molar-refractivity contribution in [3.05, 3.63) is 0 Å². The lowest BCUT2D eigenvalue weighted by molar-refractivity contribution is 0.00856. The molecule has 1 rings (SSSR count). The van der Waals surface area contributed by atoms with Crippen LogP contribution in [0.5, 0.6) is 0 Å². The molecule has 1 fully saturated rings. The lowest BCUT2D eigenvalue weighted by Gasteiger charge is -2.31. The number of primary sulfonamides is 1. The Labute approximate surface area is 116 Å². The Morgan fingerprint density at radius 1 is 1.05 bits per heavy atom. The lowest BCUT2D eigenvalue weighted by atomic mass is 9.83. The smallest absolute Gasteiger partial charge is 0.209 e. The van der Waals surface area contributed by atoms with Crippen molar-refractivity contribution in [3.8, 4) is 0 Å². The number of sulfonamides is 1. The second kappa shape index (κ2) is 8.19. The van der Waals surface area contributed by atoms with Crippen molar-refractivity contribution in [1.29, 1.82) is 0 Å². The van der Waals surface area contributed by atoms with E-state index in [1.807, 2.05) is 6.92 Å². The van der Waals surface area contributed by atoms with Gasteiger partial charge in [0.2, 0.25) is 10.0 Å². The summed E-state index contributed by atoms with van der Waals surface area (Å²) >= 11 is 0. The summed E-state index contributed by atoms with van der Waals surface area (Å²) in [5.74, 6) is 0.0363. The van der Waals surface area contributed by atoms with Crippen LogP contribution in [0.3, 0.4) is 0 Å². The van der Waals surface area contributed by atoms with Gasteiger partial charge < -0.3 is 9.47 Å². The van der Waals surface area contributed by atoms with Gasteiger partial charge >= 0.3 is 0 Å². The van der Waals surface area contributed by atoms with Crippen molar-refractivity contribution < 1.29 is 17.9 Å². The average Bonchev–Trinajstić information content (AvgIpc) is 2.53. The van der Waals surface area contributed by atoms with E-state index >= 15 is 0 Å². The van der Waals surface area contributed by atoms with Gasteiger partial charge in [0.15, 0.2) is 0 Å². The van der Waals surface area contributed by atoms with E-state index in [1.165, 1.54) is 12.8 Å². The Hall–Kier alpha value is -0.170. The average molecular weight is 293 g/mol. The zero-order valence-electron chi connectivity index (χ0n) is 11.9. The molecule has 0 amide bonds. The van der Waals surface area contributed by atoms with Crippen LogP contribution in [0.15, 0.2) is 0 Å². The van der Waals surface area contributed by atoms with E-state index in [1.54, 1.807) is 0 Å². The number of ether oxygens (including phenoxy) is 2. The Kier molecular flexibility index (Phi) is 7.28. The second-order valence-corrected chi connectivity index (χ2v) is 7.09. The molecule has 0 bridgehead atoms. The molecule has 19 heavy (non-hydrogen) atoms. The first kappa shape index (κ1) is 16.9. The van der Waals surface area contributed by atoms with Gasteiger partial charge in [-0.25, -0.2) is 13.6 Å². The highest BCUT2D eigenvalue weighted by Crippen LogP contribution is 2.36. The molecule has 1 saturated carbocycles. The highest BCUT2D eigenvalue weighted by Gasteiger charge is 2.35. The molecule has 0 saturated heterocycles. The van der Waals surface area contributed by atoms with Crippen LogP contribution in [-0.4, -0.2) is 40.6 Å². The third-order valence-corrected chi connectivity index (χ3v) is 4.67. The summed E-state index contributed by atoms with van der Waals surface area (Å²) in [5, 5.41) is 5.25. The van der Waals surface area contributed by atoms with Crippen molar-refractivity contribution in [2.75, 3.05) is 32.2 Å². The maximum Gasteiger partial charge on any atom is 0.209 e. The number of hydrogen-bond acceptors (Lipinski definition) is 4. The van der Waals surface area contributed by atoms with Gasteiger partial charge in [-0.05, 0) is 19.8 Å². The molecule has 0 unspecified atom stereocenters. The van der Waals surface area contributed by atoms with E-state index in [0.717, 1.165) is 25.7 Å². The third-order valence-electron chi connectivity index (χ3n) is 3.66. The van der Waals surface area contributed by atoms with Crippen LogP contribution in [0, 0.1) is 5.41 Å². The molecule has 114 valence electrons. The summed E-state index contributed by atoms with van der Waals surface area (Å²) in [6, 6.07) is 0. The fraction of sp³-hybridized carbons (Fsp3) is 1.00. The summed E-state index contributed by atoms with van der Waals surface area (Å²) in [6.07, 6.45) is 6.24. The fourth-order valence-corrected chi connectivity index (χ4v) is 4.01. The van der Waals surface area contributed by atoms with Crippen LogP contribution in [-0.2, 0) is 19.5 Å². The zero-order valence-corrected chi connectivity index (χ0v) is 12.7. The molecule has 0 heterocycles. The minimum absolute atomic E-state index is 0.0363. The molecular formula is C13H27NO4S. The molecule has 2 N–H and O–H groups in total. The summed E-state index contributed by atoms with van der Waals surface area (Å²) in [4.78, 5) is 0. The maximum atomic E-state index is 11.4. The van der Waals surface area contributed by atoms with E-state index in [2.05, 4.69) is 0 Å². The van der Waals surface area contributed by atoms with Gasteiger partial charge in [0.1, 0.15) is 0 Å². The highest BCUT2D eigenvalue weighted by atomic mass is 32.2. The number of rotatable bonds is 8. The van der Waals surface area contributed by atoms with Crippen molar-refractivity contribution in [3.63, 3.8) is 0 Å². The van der Waals surface area contributed by atoms with Gasteiger partial charge in [-0.3, -0.25) is 0 Å². The summed E-state index contributed by atoms with van der Waals surface area (Å²) in [6.45, 7) is 4.15. The highest BCUT2D eigenvalue weighted by molar-refractivity contribution is 7.89. The predicted molar refractivity (Wildman–Crippen MR) is 75.4 cm³/mol. The molecule has 0 atom stereocenters. The number of nitrogens with two attached hydrogens (primary N) is 1. The van der Waals surface area contributed by atoms with Crippen molar-refractivity contribution in [2.45, 2.75) is 45.4 Å². The van der Waals surface area contributed by atoms with Crippen molar-refractivity contribution >= 4 is 10.0 Å². The Balaban J connectivity index is 2.53. The maximum absolute atomic E-state index is 11.4. The van der Waals surface area contributed by atoms with Gasteiger partial charge in [0.25, 0.3) is 0 Å². The summed E-state index contributed by atoms with van der Waals surface area (Å²) < 4.78 is 33.7. The first-order valence-corrected chi connectivity index (χ1v) is 8.85. The van der Waals surface area contributed by atoms with E-state index in [4.69, 9.17) is 14.6 Å². The van der Waals surface area contributed by atoms with E-state index in [-0.39, 0.29) is 11.2 Å². The van der Waals surface area contributed by atoms with Gasteiger partial charge in [-0.1, -0.05) is 25.7 Å². The lowest BCUT2D eigenvalue weighted by Crippen LogP contribution is -2.37. The molecule has 0 aliphatic heterocycles. The summed E-state index contributed by atoms with van der Waals surface area (Å²) in [7, 11) is -3.46. The Morgan fingerprint density at radius 3 is 2.16 bits per heavy atom. The first-order chi connectivity index (χ1) is 8.97. The SMILES string of the molecule is CCOCCOCC1(CS(N)(=O)=O)CCCCCC1. The van der Waals surface area contributed by atoms with Gasteiger partial charge in [-0.2, -0.15) is 0 Å². The van der Waals surface area contributed by atoms with Crippen molar-refractivity contribution in [2.24, 2.45) is 10.6 Å². The Bertz CT molecular complexity index is 335. The monoisotopic (exact) mass is 293 g/mol. The van der Waals surface area contributed by atoms with Crippen LogP contribution in [0.25, 0.3) is 0 Å². The van der Waals surface area contributed by atoms with Crippen LogP contribution >= 0.6 is 0 Å². The third kappa shape index (κ3) is 7.25. The zero-order chi connectivity index (χ0) is 14.2. The van der Waals surface area contributed by atoms with E-state index in [9.17, 15) is 8.42 Å². The van der Waals surface area contributed by atoms with Crippen molar-refractivity contribution in [1.82, 2.24) is 0 Å². The molecule has 1 aliphatic rings. The molecule has 0 radical (unpaired) electrons. The largest absolute Gasteiger partial charge is 0.379 e. The van der Waals surface area contributed by atoms with Gasteiger partial charge in [0.05, 0.1) is 25.6 Å². The molecule has 1 aliphatic carbocycles. The minimum Gasteiger partial charge on any atom is -0.379 e. The molecule has 0 aromatic carbocycles. The minimum atomic E-state index is -3.46. The molecule has 0 aromatic heterocycles. The van der Waals surface area contributed by atoms with Gasteiger partial charge in [0, 0.05) is 12.0 Å². The molecule has 6 heteroatoms. The van der Waals surface area contributed by atoms with E-state index < -0.39 is 10.0 Å². The predicted octanol–water partition coefficient (Wildman–Crippen LogP) is 1.67. The van der Waals surface area contributed by atoms with E-state index in [0.29, 0.717) is 26.4 Å². The standard InChI is InChI=1S/C13H27NO4S/c1-2-17-9-10-18-11-13(12-19(14,15)16)7-5-3-4-6-8-13/h2-12H2,1H3,(H2,14,15,16). The number of hydrogen-bond donors (Lipinski definition) is 1. The molecule has 0 aromatic rings. The Morgan fingerprint density at radius 2 is 1.63 bits per heavy atom. The first-order valence-electron chi connectivity index (χ1n) is 7.13. The molecule has 0 spiro atoms. The molecule has 5 nitrogen and oxygen atoms in total. The van der Waals surface area contributed by atoms with Crippen LogP contribution < -0.4 is 5.14 Å². The van der Waals surface area contributed by atoms with Crippen LogP contribution in [0.4, 0.5) is 0 Å². The topological polar surface area (TPSA) is 78.6 Å². The normalized spacial score (nSPS) is 20.1. The van der Waals surface area contributed by atoms with Crippen LogP contribution in [0.2, 0.25) is 0 Å². The van der Waals surface area contributed by atoms with Crippen LogP contribution in [0.1, 0.15) is 45.4 Å². The van der Waals surface area contributed by atoms with Gasteiger partial charge in [-0.15, -0.1) is 0 Å². The molecular weight excluding hydrogens is 266 g/mol. The summed E-state index contributed by atoms with van der Waals surface area (Å²) in [5.41, 5.74) is -0.295.